The maximum atomic E-state index is 13.9. The molecule has 7 heteroatoms. The summed E-state index contributed by atoms with van der Waals surface area (Å²) in [7, 11) is 0. The van der Waals surface area contributed by atoms with E-state index in [0.29, 0.717) is 0 Å². The van der Waals surface area contributed by atoms with Gasteiger partial charge in [-0.2, -0.15) is 13.2 Å². The number of benzene rings is 2. The van der Waals surface area contributed by atoms with Gasteiger partial charge in [0, 0.05) is 12.6 Å². The molecule has 0 radical (unpaired) electrons. The minimum absolute atomic E-state index is 0.0321. The van der Waals surface area contributed by atoms with Crippen molar-refractivity contribution in [2.24, 2.45) is 0 Å². The van der Waals surface area contributed by atoms with Gasteiger partial charge in [0.1, 0.15) is 11.3 Å². The third kappa shape index (κ3) is 4.06. The second kappa shape index (κ2) is 8.38. The van der Waals surface area contributed by atoms with Crippen LogP contribution in [0.15, 0.2) is 51.7 Å². The fraction of sp³-hybridized carbons (Fsp3) is 0.375. The van der Waals surface area contributed by atoms with Crippen LogP contribution in [0.2, 0.25) is 0 Å². The lowest BCUT2D eigenvalue weighted by molar-refractivity contribution is -0.152. The van der Waals surface area contributed by atoms with E-state index in [0.717, 1.165) is 32.2 Å². The highest BCUT2D eigenvalue weighted by Crippen LogP contribution is 2.39. The number of rotatable bonds is 4. The lowest BCUT2D eigenvalue weighted by Gasteiger charge is -2.35. The van der Waals surface area contributed by atoms with Gasteiger partial charge in [-0.25, -0.2) is 0 Å². The Morgan fingerprint density at radius 3 is 2.55 bits per heavy atom. The van der Waals surface area contributed by atoms with Crippen molar-refractivity contribution < 1.29 is 22.7 Å². The standard InChI is InChI=1S/C24H24F3NO3/c1-2-16-10-6-7-13-28(16)14-18-19(29)12-11-17-21(30)20(15-8-4-3-5-9-15)23(24(25,26)27)31-22(17)18/h3-5,8-9,11-12,16,29H,2,6-7,10,13-14H2,1H3/t16-/m0/s1. The van der Waals surface area contributed by atoms with Crippen LogP contribution in [0.5, 0.6) is 5.75 Å². The molecule has 1 N–H and O–H groups in total. The molecule has 0 unspecified atom stereocenters. The van der Waals surface area contributed by atoms with Gasteiger partial charge in [0.25, 0.3) is 0 Å². The molecule has 3 aromatic rings. The number of aromatic hydroxyl groups is 1. The van der Waals surface area contributed by atoms with E-state index in [2.05, 4.69) is 11.8 Å². The van der Waals surface area contributed by atoms with Crippen molar-refractivity contribution in [2.45, 2.75) is 51.4 Å². The average Bonchev–Trinajstić information content (AvgIpc) is 2.75. The van der Waals surface area contributed by atoms with E-state index in [9.17, 15) is 23.1 Å². The lowest BCUT2D eigenvalue weighted by atomic mass is 9.97. The van der Waals surface area contributed by atoms with Crippen LogP contribution in [0.3, 0.4) is 0 Å². The van der Waals surface area contributed by atoms with Crippen LogP contribution in [-0.4, -0.2) is 22.6 Å². The van der Waals surface area contributed by atoms with Crippen LogP contribution >= 0.6 is 0 Å². The fourth-order valence-electron chi connectivity index (χ4n) is 4.46. The van der Waals surface area contributed by atoms with Crippen molar-refractivity contribution in [3.05, 3.63) is 64.0 Å². The largest absolute Gasteiger partial charge is 0.507 e. The SMILES string of the molecule is CC[C@H]1CCCCN1Cc1c(O)ccc2c(=O)c(-c3ccccc3)c(C(F)(F)F)oc12. The Morgan fingerprint density at radius 2 is 1.87 bits per heavy atom. The molecule has 1 saturated heterocycles. The van der Waals surface area contributed by atoms with Crippen LogP contribution in [-0.2, 0) is 12.7 Å². The van der Waals surface area contributed by atoms with Gasteiger partial charge in [-0.05, 0) is 43.5 Å². The summed E-state index contributed by atoms with van der Waals surface area (Å²) in [5.41, 5.74) is -1.10. The van der Waals surface area contributed by atoms with E-state index in [1.165, 1.54) is 24.3 Å². The number of likely N-dealkylation sites (tertiary alicyclic amines) is 1. The highest BCUT2D eigenvalue weighted by atomic mass is 19.4. The Morgan fingerprint density at radius 1 is 1.13 bits per heavy atom. The molecule has 0 saturated carbocycles. The summed E-state index contributed by atoms with van der Waals surface area (Å²) in [6.45, 7) is 3.08. The zero-order valence-corrected chi connectivity index (χ0v) is 17.2. The van der Waals surface area contributed by atoms with E-state index >= 15 is 0 Å². The minimum atomic E-state index is -4.86. The van der Waals surface area contributed by atoms with Crippen molar-refractivity contribution in [1.82, 2.24) is 4.90 Å². The lowest BCUT2D eigenvalue weighted by Crippen LogP contribution is -2.38. The number of fused-ring (bicyclic) bond motifs is 1. The van der Waals surface area contributed by atoms with Crippen LogP contribution in [0.1, 0.15) is 43.9 Å². The molecular weight excluding hydrogens is 407 g/mol. The topological polar surface area (TPSA) is 53.7 Å². The maximum Gasteiger partial charge on any atom is 0.450 e. The molecule has 2 heterocycles. The quantitative estimate of drug-likeness (QED) is 0.555. The first-order valence-corrected chi connectivity index (χ1v) is 10.5. The second-order valence-electron chi connectivity index (χ2n) is 7.97. The number of hydrogen-bond acceptors (Lipinski definition) is 4. The molecule has 1 fully saturated rings. The number of phenols is 1. The predicted molar refractivity (Wildman–Crippen MR) is 113 cm³/mol. The average molecular weight is 431 g/mol. The molecule has 1 atom stereocenters. The summed E-state index contributed by atoms with van der Waals surface area (Å²) in [4.78, 5) is 15.4. The molecule has 0 amide bonds. The molecule has 4 rings (SSSR count). The summed E-state index contributed by atoms with van der Waals surface area (Å²) in [5.74, 6) is -1.51. The highest BCUT2D eigenvalue weighted by Gasteiger charge is 2.40. The Labute approximate surface area is 177 Å². The Bertz CT molecular complexity index is 1140. The molecule has 1 aromatic heterocycles. The van der Waals surface area contributed by atoms with E-state index in [-0.39, 0.29) is 40.4 Å². The second-order valence-corrected chi connectivity index (χ2v) is 7.97. The number of alkyl halides is 3. The Hall–Kier alpha value is -2.80. The van der Waals surface area contributed by atoms with Gasteiger partial charge in [-0.15, -0.1) is 0 Å². The van der Waals surface area contributed by atoms with Crippen molar-refractivity contribution in [3.63, 3.8) is 0 Å². The van der Waals surface area contributed by atoms with Crippen LogP contribution in [0.25, 0.3) is 22.1 Å². The molecule has 1 aliphatic heterocycles. The van der Waals surface area contributed by atoms with Crippen molar-refractivity contribution in [2.75, 3.05) is 6.54 Å². The first-order chi connectivity index (χ1) is 14.8. The maximum absolute atomic E-state index is 13.9. The Kier molecular flexibility index (Phi) is 5.79. The number of hydrogen-bond donors (Lipinski definition) is 1. The third-order valence-electron chi connectivity index (χ3n) is 6.04. The number of phenolic OH excluding ortho intramolecular Hbond substituents is 1. The van der Waals surface area contributed by atoms with Crippen molar-refractivity contribution in [1.29, 1.82) is 0 Å². The van der Waals surface area contributed by atoms with Gasteiger partial charge in [-0.1, -0.05) is 43.7 Å². The highest BCUT2D eigenvalue weighted by molar-refractivity contribution is 5.86. The Balaban J connectivity index is 1.94. The molecule has 164 valence electrons. The van der Waals surface area contributed by atoms with Gasteiger partial charge in [0.15, 0.2) is 0 Å². The predicted octanol–water partition coefficient (Wildman–Crippen LogP) is 5.95. The molecule has 0 aliphatic carbocycles. The van der Waals surface area contributed by atoms with E-state index in [1.54, 1.807) is 18.2 Å². The van der Waals surface area contributed by atoms with Gasteiger partial charge in [0.2, 0.25) is 11.2 Å². The van der Waals surface area contributed by atoms with Crippen molar-refractivity contribution in [3.8, 4) is 16.9 Å². The minimum Gasteiger partial charge on any atom is -0.507 e. The van der Waals surface area contributed by atoms with Gasteiger partial charge in [-0.3, -0.25) is 9.69 Å². The van der Waals surface area contributed by atoms with Gasteiger partial charge >= 0.3 is 6.18 Å². The summed E-state index contributed by atoms with van der Waals surface area (Å²) in [6.07, 6.45) is -0.875. The van der Waals surface area contributed by atoms with Gasteiger partial charge < -0.3 is 9.52 Å². The first-order valence-electron chi connectivity index (χ1n) is 10.5. The zero-order valence-electron chi connectivity index (χ0n) is 17.2. The molecule has 4 nitrogen and oxygen atoms in total. The molecule has 2 aromatic carbocycles. The summed E-state index contributed by atoms with van der Waals surface area (Å²) < 4.78 is 47.2. The van der Waals surface area contributed by atoms with E-state index < -0.39 is 22.9 Å². The first kappa shape index (κ1) is 21.4. The van der Waals surface area contributed by atoms with Gasteiger partial charge in [0.05, 0.1) is 16.5 Å². The van der Waals surface area contributed by atoms with Crippen molar-refractivity contribution >= 4 is 11.0 Å². The van der Waals surface area contributed by atoms with E-state index in [4.69, 9.17) is 4.42 Å². The molecule has 1 aliphatic rings. The van der Waals surface area contributed by atoms with E-state index in [1.807, 2.05) is 0 Å². The monoisotopic (exact) mass is 431 g/mol. The number of piperidine rings is 1. The van der Waals surface area contributed by atoms with Crippen LogP contribution in [0.4, 0.5) is 13.2 Å². The normalized spacial score (nSPS) is 17.9. The fourth-order valence-corrected chi connectivity index (χ4v) is 4.46. The number of nitrogens with zero attached hydrogens (tertiary/aromatic N) is 1. The third-order valence-corrected chi connectivity index (χ3v) is 6.04. The zero-order chi connectivity index (χ0) is 22.2. The number of halogens is 3. The van der Waals surface area contributed by atoms with Crippen LogP contribution < -0.4 is 5.43 Å². The summed E-state index contributed by atoms with van der Waals surface area (Å²) >= 11 is 0. The smallest absolute Gasteiger partial charge is 0.450 e. The molecule has 31 heavy (non-hydrogen) atoms. The molecular formula is C24H24F3NO3. The summed E-state index contributed by atoms with van der Waals surface area (Å²) in [6, 6.07) is 10.7. The summed E-state index contributed by atoms with van der Waals surface area (Å²) in [5, 5.41) is 10.5. The molecule has 0 bridgehead atoms. The molecule has 0 spiro atoms. The van der Waals surface area contributed by atoms with Crippen LogP contribution in [0, 0.1) is 0 Å².